The molecule has 0 N–H and O–H groups in total. The van der Waals surface area contributed by atoms with E-state index in [1.54, 1.807) is 41.3 Å². The van der Waals surface area contributed by atoms with Gasteiger partial charge in [0.1, 0.15) is 10.1 Å². The summed E-state index contributed by atoms with van der Waals surface area (Å²) in [5, 5.41) is 0. The monoisotopic (exact) mass is 495 g/mol. The predicted molar refractivity (Wildman–Crippen MR) is 111 cm³/mol. The van der Waals surface area contributed by atoms with E-state index in [0.29, 0.717) is 43.0 Å². The maximum Gasteiger partial charge on any atom is 0.434 e. The van der Waals surface area contributed by atoms with Crippen molar-refractivity contribution < 1.29 is 22.7 Å². The Morgan fingerprint density at radius 3 is 2.55 bits per heavy atom. The molecule has 0 unspecified atom stereocenters. The number of ether oxygens (including phenoxy) is 1. The van der Waals surface area contributed by atoms with Crippen molar-refractivity contribution in [3.05, 3.63) is 68.7 Å². The van der Waals surface area contributed by atoms with Crippen molar-refractivity contribution in [3.63, 3.8) is 0 Å². The number of aromatic nitrogens is 2. The highest BCUT2D eigenvalue weighted by Crippen LogP contribution is 2.33. The summed E-state index contributed by atoms with van der Waals surface area (Å²) in [7, 11) is 0. The third-order valence-corrected chi connectivity index (χ3v) is 5.73. The number of fused-ring (bicyclic) bond motifs is 1. The molecular formula is C21H17BrF3N3O3. The van der Waals surface area contributed by atoms with E-state index >= 15 is 0 Å². The molecule has 1 aromatic carbocycles. The second-order valence-electron chi connectivity index (χ2n) is 7.03. The predicted octanol–water partition coefficient (Wildman–Crippen LogP) is 4.01. The lowest BCUT2D eigenvalue weighted by atomic mass is 10.0. The smallest absolute Gasteiger partial charge is 0.380 e. The van der Waals surface area contributed by atoms with Crippen LogP contribution in [-0.2, 0) is 10.9 Å². The molecule has 1 amide bonds. The van der Waals surface area contributed by atoms with E-state index in [2.05, 4.69) is 20.9 Å². The van der Waals surface area contributed by atoms with Crippen molar-refractivity contribution in [1.29, 1.82) is 0 Å². The molecule has 0 aliphatic carbocycles. The van der Waals surface area contributed by atoms with E-state index in [-0.39, 0.29) is 11.6 Å². The molecule has 3 aromatic rings. The normalized spacial score (nSPS) is 15.2. The van der Waals surface area contributed by atoms with Crippen LogP contribution < -0.4 is 5.56 Å². The number of rotatable bonds is 2. The van der Waals surface area contributed by atoms with Crippen molar-refractivity contribution in [1.82, 2.24) is 14.3 Å². The van der Waals surface area contributed by atoms with Crippen LogP contribution in [0.5, 0.6) is 0 Å². The van der Waals surface area contributed by atoms with Crippen molar-refractivity contribution >= 4 is 27.5 Å². The van der Waals surface area contributed by atoms with Crippen molar-refractivity contribution in [2.24, 2.45) is 0 Å². The lowest BCUT2D eigenvalue weighted by Crippen LogP contribution is -2.33. The van der Waals surface area contributed by atoms with Crippen molar-refractivity contribution in [3.8, 4) is 11.1 Å². The molecule has 162 valence electrons. The van der Waals surface area contributed by atoms with Gasteiger partial charge in [0.2, 0.25) is 0 Å². The van der Waals surface area contributed by atoms with Gasteiger partial charge in [0.15, 0.2) is 5.69 Å². The van der Waals surface area contributed by atoms with E-state index in [9.17, 15) is 22.8 Å². The lowest BCUT2D eigenvalue weighted by Gasteiger charge is -2.19. The largest absolute Gasteiger partial charge is 0.434 e. The Bertz CT molecular complexity index is 1180. The molecule has 31 heavy (non-hydrogen) atoms. The molecule has 1 aliphatic heterocycles. The second kappa shape index (κ2) is 8.43. The number of amides is 1. The van der Waals surface area contributed by atoms with Gasteiger partial charge >= 0.3 is 6.18 Å². The van der Waals surface area contributed by atoms with Crippen LogP contribution in [0.3, 0.4) is 0 Å². The molecule has 10 heteroatoms. The Kier molecular flexibility index (Phi) is 5.85. The van der Waals surface area contributed by atoms with Crippen LogP contribution in [0.25, 0.3) is 16.8 Å². The van der Waals surface area contributed by atoms with Gasteiger partial charge in [-0.2, -0.15) is 13.2 Å². The summed E-state index contributed by atoms with van der Waals surface area (Å²) in [5.74, 6) is -0.132. The first-order valence-corrected chi connectivity index (χ1v) is 10.3. The van der Waals surface area contributed by atoms with Gasteiger partial charge in [0, 0.05) is 37.0 Å². The zero-order valence-corrected chi connectivity index (χ0v) is 17.7. The molecule has 0 radical (unpaired) electrons. The fourth-order valence-corrected chi connectivity index (χ4v) is 3.98. The van der Waals surface area contributed by atoms with Gasteiger partial charge in [-0.1, -0.05) is 12.1 Å². The van der Waals surface area contributed by atoms with Crippen LogP contribution in [0.4, 0.5) is 13.2 Å². The summed E-state index contributed by atoms with van der Waals surface area (Å²) in [6, 6.07) is 9.65. The SMILES string of the molecule is O=C(c1ccc(-c2cccn3c(=O)c(Br)c(C(F)(F)F)nc23)cc1)N1CCCOCC1. The van der Waals surface area contributed by atoms with Gasteiger partial charge in [0.05, 0.1) is 6.61 Å². The van der Waals surface area contributed by atoms with Gasteiger partial charge in [0.25, 0.3) is 11.5 Å². The Balaban J connectivity index is 1.74. The molecule has 1 aliphatic rings. The Morgan fingerprint density at radius 1 is 1.10 bits per heavy atom. The molecule has 3 heterocycles. The number of hydrogen-bond donors (Lipinski definition) is 0. The average molecular weight is 496 g/mol. The maximum atomic E-state index is 13.3. The first kappa shape index (κ1) is 21.5. The molecule has 1 fully saturated rings. The minimum Gasteiger partial charge on any atom is -0.380 e. The molecule has 0 spiro atoms. The highest BCUT2D eigenvalue weighted by molar-refractivity contribution is 9.10. The number of alkyl halides is 3. The quantitative estimate of drug-likeness (QED) is 0.538. The Hall–Kier alpha value is -2.72. The molecular weight excluding hydrogens is 479 g/mol. The van der Waals surface area contributed by atoms with Gasteiger partial charge in [-0.15, -0.1) is 0 Å². The fraction of sp³-hybridized carbons (Fsp3) is 0.286. The number of benzene rings is 1. The van der Waals surface area contributed by atoms with Gasteiger partial charge in [-0.05, 0) is 52.2 Å². The first-order valence-electron chi connectivity index (χ1n) is 9.53. The third kappa shape index (κ3) is 4.22. The summed E-state index contributed by atoms with van der Waals surface area (Å²) < 4.78 is 45.8. The van der Waals surface area contributed by atoms with Crippen LogP contribution in [0, 0.1) is 0 Å². The number of pyridine rings is 1. The van der Waals surface area contributed by atoms with Crippen LogP contribution in [-0.4, -0.2) is 46.5 Å². The van der Waals surface area contributed by atoms with E-state index in [0.717, 1.165) is 10.8 Å². The number of carbonyl (C=O) groups excluding carboxylic acids is 1. The highest BCUT2D eigenvalue weighted by Gasteiger charge is 2.37. The Labute approximate surface area is 183 Å². The molecule has 0 bridgehead atoms. The molecule has 1 saturated heterocycles. The molecule has 0 atom stereocenters. The standard InChI is InChI=1S/C21H17BrF3N3O3/c22-16-17(21(23,24)25)26-18-15(3-1-9-28(18)20(16)30)13-4-6-14(7-5-13)19(29)27-8-2-11-31-12-10-27/h1,3-7,9H,2,8,10-12H2. The number of nitrogens with zero attached hydrogens (tertiary/aromatic N) is 3. The summed E-state index contributed by atoms with van der Waals surface area (Å²) in [5.41, 5.74) is -0.896. The van der Waals surface area contributed by atoms with Gasteiger partial charge in [-0.3, -0.25) is 14.0 Å². The zero-order chi connectivity index (χ0) is 22.2. The number of hydrogen-bond acceptors (Lipinski definition) is 4. The van der Waals surface area contributed by atoms with Crippen molar-refractivity contribution in [2.45, 2.75) is 12.6 Å². The molecule has 4 rings (SSSR count). The molecule has 2 aromatic heterocycles. The minimum absolute atomic E-state index is 0.119. The topological polar surface area (TPSA) is 63.9 Å². The van der Waals surface area contributed by atoms with E-state index < -0.39 is 21.9 Å². The van der Waals surface area contributed by atoms with Crippen LogP contribution in [0.2, 0.25) is 0 Å². The number of halogens is 4. The summed E-state index contributed by atoms with van der Waals surface area (Å²) in [4.78, 5) is 30.6. The average Bonchev–Trinajstić information content (AvgIpc) is 3.04. The van der Waals surface area contributed by atoms with Gasteiger partial charge in [-0.25, -0.2) is 4.98 Å². The summed E-state index contributed by atoms with van der Waals surface area (Å²) in [6.45, 7) is 2.21. The van der Waals surface area contributed by atoms with Crippen LogP contribution in [0.15, 0.2) is 51.9 Å². The fourth-order valence-electron chi connectivity index (χ4n) is 3.48. The van der Waals surface area contributed by atoms with E-state index in [1.165, 1.54) is 6.20 Å². The summed E-state index contributed by atoms with van der Waals surface area (Å²) in [6.07, 6.45) is -2.66. The summed E-state index contributed by atoms with van der Waals surface area (Å²) >= 11 is 2.72. The van der Waals surface area contributed by atoms with Crippen molar-refractivity contribution in [2.75, 3.05) is 26.3 Å². The molecule has 0 saturated carbocycles. The Morgan fingerprint density at radius 2 is 1.84 bits per heavy atom. The maximum absolute atomic E-state index is 13.3. The zero-order valence-electron chi connectivity index (χ0n) is 16.2. The first-order chi connectivity index (χ1) is 14.8. The van der Waals surface area contributed by atoms with E-state index in [4.69, 9.17) is 4.74 Å². The highest BCUT2D eigenvalue weighted by atomic mass is 79.9. The van der Waals surface area contributed by atoms with Gasteiger partial charge < -0.3 is 9.64 Å². The minimum atomic E-state index is -4.78. The lowest BCUT2D eigenvalue weighted by molar-refractivity contribution is -0.141. The second-order valence-corrected chi connectivity index (χ2v) is 7.82. The van der Waals surface area contributed by atoms with Crippen LogP contribution in [0.1, 0.15) is 22.5 Å². The third-order valence-electron chi connectivity index (χ3n) is 5.02. The molecule has 6 nitrogen and oxygen atoms in total. The number of carbonyl (C=O) groups is 1. The van der Waals surface area contributed by atoms with Crippen LogP contribution >= 0.6 is 15.9 Å². The van der Waals surface area contributed by atoms with E-state index in [1.807, 2.05) is 0 Å².